The van der Waals surface area contributed by atoms with Gasteiger partial charge >= 0.3 is 0 Å². The average molecular weight is 390 g/mol. The molecule has 0 spiro atoms. The maximum atomic E-state index is 14.5. The first-order chi connectivity index (χ1) is 12.7. The number of nitrogens with zero attached hydrogens (tertiary/aromatic N) is 2. The van der Waals surface area contributed by atoms with E-state index in [0.29, 0.717) is 5.52 Å². The molecular formula is C18H15FN2O5S. The third kappa shape index (κ3) is 2.84. The Kier molecular flexibility index (Phi) is 3.91. The molecule has 0 aliphatic carbocycles. The third-order valence-corrected chi connectivity index (χ3v) is 5.88. The normalized spacial score (nSPS) is 18.9. The molecule has 0 amide bonds. The molecule has 0 radical (unpaired) electrons. The second kappa shape index (κ2) is 5.95. The topological polar surface area (TPSA) is 98.5 Å². The number of benzene rings is 2. The fraction of sp³-hybridized carbons (Fsp3) is 0.222. The van der Waals surface area contributed by atoms with E-state index in [-0.39, 0.29) is 22.5 Å². The highest BCUT2D eigenvalue weighted by atomic mass is 32.2. The number of halogens is 1. The van der Waals surface area contributed by atoms with Gasteiger partial charge in [0.1, 0.15) is 18.0 Å². The van der Waals surface area contributed by atoms with Gasteiger partial charge in [0, 0.05) is 5.56 Å². The van der Waals surface area contributed by atoms with Crippen LogP contribution in [0, 0.1) is 12.7 Å². The quantitative estimate of drug-likeness (QED) is 0.677. The van der Waals surface area contributed by atoms with Gasteiger partial charge in [0.05, 0.1) is 28.7 Å². The van der Waals surface area contributed by atoms with Gasteiger partial charge in [-0.3, -0.25) is 8.98 Å². The summed E-state index contributed by atoms with van der Waals surface area (Å²) in [4.78, 5) is 15.9. The fourth-order valence-corrected chi connectivity index (χ4v) is 4.20. The summed E-state index contributed by atoms with van der Waals surface area (Å²) in [6.45, 7) is 0.746. The Hall–Kier alpha value is -2.62. The summed E-state index contributed by atoms with van der Waals surface area (Å²) in [5.74, 6) is -0.764. The lowest BCUT2D eigenvalue weighted by molar-refractivity contribution is -0.0159. The summed E-state index contributed by atoms with van der Waals surface area (Å²) in [5.41, 5.74) is -1.39. The molecule has 1 aliphatic rings. The molecule has 1 aromatic heterocycles. The summed E-state index contributed by atoms with van der Waals surface area (Å²) in [7, 11) is -4.17. The lowest BCUT2D eigenvalue weighted by Gasteiger charge is -2.23. The molecule has 27 heavy (non-hydrogen) atoms. The first-order valence-electron chi connectivity index (χ1n) is 8.08. The van der Waals surface area contributed by atoms with Gasteiger partial charge < -0.3 is 9.67 Å². The maximum absolute atomic E-state index is 14.5. The van der Waals surface area contributed by atoms with Gasteiger partial charge in [-0.25, -0.2) is 9.37 Å². The second-order valence-corrected chi connectivity index (χ2v) is 8.15. The van der Waals surface area contributed by atoms with Crippen molar-refractivity contribution in [3.63, 3.8) is 0 Å². The van der Waals surface area contributed by atoms with Crippen molar-refractivity contribution in [3.05, 3.63) is 69.9 Å². The van der Waals surface area contributed by atoms with Crippen molar-refractivity contribution in [3.8, 4) is 0 Å². The van der Waals surface area contributed by atoms with Crippen LogP contribution < -0.4 is 5.56 Å². The predicted molar refractivity (Wildman–Crippen MR) is 94.2 cm³/mol. The largest absolute Gasteiger partial charge is 0.381 e. The number of aromatic nitrogens is 2. The van der Waals surface area contributed by atoms with Crippen LogP contribution in [-0.2, 0) is 26.4 Å². The van der Waals surface area contributed by atoms with Gasteiger partial charge in [-0.15, -0.1) is 0 Å². The summed E-state index contributed by atoms with van der Waals surface area (Å²) in [5, 5.41) is 11.0. The molecule has 0 fully saturated rings. The average Bonchev–Trinajstić information content (AvgIpc) is 2.95. The van der Waals surface area contributed by atoms with Gasteiger partial charge in [-0.1, -0.05) is 17.7 Å². The molecule has 1 aliphatic heterocycles. The molecule has 0 saturated carbocycles. The number of hydrogen-bond donors (Lipinski definition) is 1. The molecule has 1 N–H and O–H groups in total. The highest BCUT2D eigenvalue weighted by molar-refractivity contribution is 7.86. The monoisotopic (exact) mass is 390 g/mol. The van der Waals surface area contributed by atoms with Crippen molar-refractivity contribution in [2.45, 2.75) is 24.0 Å². The summed E-state index contributed by atoms with van der Waals surface area (Å²) in [6, 6.07) is 8.50. The van der Waals surface area contributed by atoms with Crippen molar-refractivity contribution in [1.82, 2.24) is 9.55 Å². The highest BCUT2D eigenvalue weighted by Gasteiger charge is 2.43. The minimum absolute atomic E-state index is 0.0790. The zero-order valence-electron chi connectivity index (χ0n) is 14.2. The number of aliphatic hydroxyl groups is 1. The van der Waals surface area contributed by atoms with Crippen LogP contribution in [0.4, 0.5) is 4.39 Å². The molecule has 140 valence electrons. The van der Waals surface area contributed by atoms with E-state index < -0.39 is 33.7 Å². The van der Waals surface area contributed by atoms with E-state index in [9.17, 15) is 22.7 Å². The predicted octanol–water partition coefficient (Wildman–Crippen LogP) is 1.45. The van der Waals surface area contributed by atoms with E-state index >= 15 is 0 Å². The van der Waals surface area contributed by atoms with Crippen molar-refractivity contribution in [2.75, 3.05) is 6.61 Å². The Morgan fingerprint density at radius 3 is 2.67 bits per heavy atom. The van der Waals surface area contributed by atoms with Gasteiger partial charge in [-0.05, 0) is 31.2 Å². The van der Waals surface area contributed by atoms with Crippen molar-refractivity contribution in [2.24, 2.45) is 0 Å². The second-order valence-electron chi connectivity index (χ2n) is 6.53. The zero-order valence-corrected chi connectivity index (χ0v) is 15.0. The van der Waals surface area contributed by atoms with Crippen LogP contribution in [0.25, 0.3) is 11.0 Å². The lowest BCUT2D eigenvalue weighted by Crippen LogP contribution is -2.35. The number of rotatable bonds is 4. The highest BCUT2D eigenvalue weighted by Crippen LogP contribution is 2.37. The minimum Gasteiger partial charge on any atom is -0.381 e. The fourth-order valence-electron chi connectivity index (χ4n) is 3.24. The van der Waals surface area contributed by atoms with Gasteiger partial charge in [0.25, 0.3) is 15.7 Å². The standard InChI is InChI=1S/C18H15FN2O5S/c1-11-2-4-12(5-3-11)27(24,25)26-10-18(23)9-21-15(22)8-20-14-7-6-13(19)16(18)17(14)21/h2-8,23H,9-10H2,1H3. The van der Waals surface area contributed by atoms with Crippen LogP contribution in [0.3, 0.4) is 0 Å². The van der Waals surface area contributed by atoms with Crippen LogP contribution in [-0.4, -0.2) is 29.7 Å². The van der Waals surface area contributed by atoms with E-state index in [2.05, 4.69) is 4.98 Å². The lowest BCUT2D eigenvalue weighted by atomic mass is 9.96. The molecule has 3 aromatic rings. The summed E-state index contributed by atoms with van der Waals surface area (Å²) < 4.78 is 45.5. The molecule has 0 saturated heterocycles. The van der Waals surface area contributed by atoms with Crippen LogP contribution in [0.5, 0.6) is 0 Å². The smallest absolute Gasteiger partial charge is 0.297 e. The molecule has 7 nitrogen and oxygen atoms in total. The van der Waals surface area contributed by atoms with Gasteiger partial charge in [-0.2, -0.15) is 8.42 Å². The molecule has 1 atom stereocenters. The zero-order chi connectivity index (χ0) is 19.4. The summed E-state index contributed by atoms with van der Waals surface area (Å²) >= 11 is 0. The van der Waals surface area contributed by atoms with E-state index in [4.69, 9.17) is 4.18 Å². The molecule has 2 aromatic carbocycles. The molecular weight excluding hydrogens is 375 g/mol. The van der Waals surface area contributed by atoms with E-state index in [1.54, 1.807) is 12.1 Å². The Morgan fingerprint density at radius 2 is 1.96 bits per heavy atom. The first kappa shape index (κ1) is 17.8. The van der Waals surface area contributed by atoms with Crippen molar-refractivity contribution in [1.29, 1.82) is 0 Å². The number of hydrogen-bond acceptors (Lipinski definition) is 6. The Labute approximate surface area is 153 Å². The van der Waals surface area contributed by atoms with Crippen molar-refractivity contribution < 1.29 is 22.1 Å². The van der Waals surface area contributed by atoms with E-state index in [1.165, 1.54) is 22.8 Å². The van der Waals surface area contributed by atoms with Crippen LogP contribution in [0.1, 0.15) is 11.1 Å². The summed E-state index contributed by atoms with van der Waals surface area (Å²) in [6.07, 6.45) is 1.07. The number of aryl methyl sites for hydroxylation is 1. The van der Waals surface area contributed by atoms with E-state index in [1.807, 2.05) is 6.92 Å². The molecule has 0 bridgehead atoms. The third-order valence-electron chi connectivity index (χ3n) is 4.60. The molecule has 1 unspecified atom stereocenters. The molecule has 4 rings (SSSR count). The van der Waals surface area contributed by atoms with Crippen LogP contribution in [0.15, 0.2) is 52.3 Å². The van der Waals surface area contributed by atoms with E-state index in [0.717, 1.165) is 17.8 Å². The van der Waals surface area contributed by atoms with Crippen LogP contribution >= 0.6 is 0 Å². The minimum atomic E-state index is -4.17. The first-order valence-corrected chi connectivity index (χ1v) is 9.49. The molecule has 2 heterocycles. The van der Waals surface area contributed by atoms with Gasteiger partial charge in [0.2, 0.25) is 0 Å². The molecule has 9 heteroatoms. The maximum Gasteiger partial charge on any atom is 0.297 e. The van der Waals surface area contributed by atoms with Crippen molar-refractivity contribution >= 4 is 21.2 Å². The SMILES string of the molecule is Cc1ccc(S(=O)(=O)OCC2(O)Cn3c(=O)cnc4ccc(F)c2c43)cc1. The van der Waals surface area contributed by atoms with Crippen LogP contribution in [0.2, 0.25) is 0 Å². The Bertz CT molecular complexity index is 1220. The Balaban J connectivity index is 1.72. The Morgan fingerprint density at radius 1 is 1.26 bits per heavy atom. The van der Waals surface area contributed by atoms with Gasteiger partial charge in [0.15, 0.2) is 0 Å².